The van der Waals surface area contributed by atoms with Crippen molar-refractivity contribution in [3.8, 4) is 23.0 Å². The second-order valence-electron chi connectivity index (χ2n) is 6.42. The first-order valence-corrected chi connectivity index (χ1v) is 8.87. The first-order chi connectivity index (χ1) is 12.3. The summed E-state index contributed by atoms with van der Waals surface area (Å²) in [4.78, 5) is 0. The van der Waals surface area contributed by atoms with Gasteiger partial charge in [0.15, 0.2) is 0 Å². The van der Waals surface area contributed by atoms with E-state index in [-0.39, 0.29) is 5.56 Å². The Morgan fingerprint density at radius 1 is 1.19 bits per heavy atom. The van der Waals surface area contributed by atoms with Gasteiger partial charge in [0.25, 0.3) is 5.92 Å². The fraction of sp³-hybridized carbons (Fsp3) is 0.304. The summed E-state index contributed by atoms with van der Waals surface area (Å²) in [5.41, 5.74) is 2.68. The van der Waals surface area contributed by atoms with E-state index in [0.29, 0.717) is 17.2 Å². The highest BCUT2D eigenvalue weighted by Crippen LogP contribution is 2.36. The van der Waals surface area contributed by atoms with Crippen molar-refractivity contribution < 1.29 is 8.78 Å². The van der Waals surface area contributed by atoms with Crippen LogP contribution in [-0.2, 0) is 5.92 Å². The average Bonchev–Trinajstić information content (AvgIpc) is 2.64. The largest absolute Gasteiger partial charge is 0.376 e. The molecule has 2 rings (SSSR count). The van der Waals surface area contributed by atoms with Crippen LogP contribution in [0.4, 0.5) is 8.78 Å². The molecule has 1 N–H and O–H groups in total. The van der Waals surface area contributed by atoms with Crippen LogP contribution >= 0.6 is 0 Å². The van der Waals surface area contributed by atoms with Crippen molar-refractivity contribution in [3.63, 3.8) is 0 Å². The maximum Gasteiger partial charge on any atom is 0.271 e. The van der Waals surface area contributed by atoms with Crippen LogP contribution in [0.25, 0.3) is 11.1 Å². The molecule has 0 aliphatic rings. The molecule has 0 fully saturated rings. The van der Waals surface area contributed by atoms with E-state index in [4.69, 9.17) is 0 Å². The Kier molecular flexibility index (Phi) is 6.58. The quantitative estimate of drug-likeness (QED) is 0.640. The van der Waals surface area contributed by atoms with Gasteiger partial charge < -0.3 is 5.32 Å². The third kappa shape index (κ3) is 5.20. The van der Waals surface area contributed by atoms with Crippen LogP contribution in [0.5, 0.6) is 0 Å². The fourth-order valence-corrected chi connectivity index (χ4v) is 2.55. The molecule has 0 unspecified atom stereocenters. The maximum absolute atomic E-state index is 14.2. The van der Waals surface area contributed by atoms with Crippen LogP contribution < -0.4 is 5.32 Å². The van der Waals surface area contributed by atoms with Crippen LogP contribution in [-0.4, -0.2) is 6.04 Å². The van der Waals surface area contributed by atoms with Crippen LogP contribution in [0.1, 0.15) is 45.2 Å². The predicted octanol–water partition coefficient (Wildman–Crippen LogP) is 6.11. The normalized spacial score (nSPS) is 12.9. The van der Waals surface area contributed by atoms with Crippen molar-refractivity contribution in [3.05, 3.63) is 71.4 Å². The van der Waals surface area contributed by atoms with Gasteiger partial charge in [0.2, 0.25) is 0 Å². The SMILES string of the molecule is C/C=C(/C#Cc1ccc(-c2ccccc2)c(C(C)(F)F)c1)N[C@@H](C)CC. The number of nitrogens with one attached hydrogen (secondary N) is 1. The van der Waals surface area contributed by atoms with E-state index >= 15 is 0 Å². The van der Waals surface area contributed by atoms with E-state index < -0.39 is 5.92 Å². The summed E-state index contributed by atoms with van der Waals surface area (Å²) >= 11 is 0. The molecule has 0 radical (unpaired) electrons. The minimum atomic E-state index is -2.94. The molecule has 3 heteroatoms. The van der Waals surface area contributed by atoms with Crippen molar-refractivity contribution in [2.24, 2.45) is 0 Å². The molecule has 0 saturated heterocycles. The molecule has 0 spiro atoms. The number of hydrogen-bond acceptors (Lipinski definition) is 1. The predicted molar refractivity (Wildman–Crippen MR) is 105 cm³/mol. The van der Waals surface area contributed by atoms with Crippen LogP contribution in [0.2, 0.25) is 0 Å². The number of rotatable bonds is 5. The summed E-state index contributed by atoms with van der Waals surface area (Å²) in [5, 5.41) is 3.31. The Morgan fingerprint density at radius 3 is 2.46 bits per heavy atom. The van der Waals surface area contributed by atoms with Crippen molar-refractivity contribution >= 4 is 0 Å². The van der Waals surface area contributed by atoms with Gasteiger partial charge in [-0.15, -0.1) is 0 Å². The van der Waals surface area contributed by atoms with Crippen molar-refractivity contribution in [2.45, 2.75) is 46.1 Å². The summed E-state index contributed by atoms with van der Waals surface area (Å²) in [5.74, 6) is 3.10. The highest BCUT2D eigenvalue weighted by molar-refractivity contribution is 5.69. The zero-order valence-corrected chi connectivity index (χ0v) is 15.7. The highest BCUT2D eigenvalue weighted by Gasteiger charge is 2.28. The third-order valence-electron chi connectivity index (χ3n) is 4.22. The first kappa shape index (κ1) is 19.7. The van der Waals surface area contributed by atoms with E-state index in [0.717, 1.165) is 24.6 Å². The number of benzene rings is 2. The van der Waals surface area contributed by atoms with Gasteiger partial charge in [0, 0.05) is 24.1 Å². The Hall–Kier alpha value is -2.60. The smallest absolute Gasteiger partial charge is 0.271 e. The molecule has 0 aliphatic heterocycles. The molecule has 0 bridgehead atoms. The number of halogens is 2. The highest BCUT2D eigenvalue weighted by atomic mass is 19.3. The Balaban J connectivity index is 2.40. The van der Waals surface area contributed by atoms with Crippen molar-refractivity contribution in [2.75, 3.05) is 0 Å². The number of alkyl halides is 2. The molecule has 1 atom stereocenters. The molecule has 0 aromatic heterocycles. The van der Waals surface area contributed by atoms with E-state index in [1.807, 2.05) is 43.3 Å². The molecule has 136 valence electrons. The molecule has 0 saturated carbocycles. The van der Waals surface area contributed by atoms with Crippen LogP contribution in [0, 0.1) is 11.8 Å². The van der Waals surface area contributed by atoms with E-state index in [1.165, 1.54) is 6.07 Å². The lowest BCUT2D eigenvalue weighted by Crippen LogP contribution is -2.23. The monoisotopic (exact) mass is 353 g/mol. The zero-order chi connectivity index (χ0) is 19.2. The molecule has 0 heterocycles. The molecule has 2 aromatic rings. The maximum atomic E-state index is 14.2. The lowest BCUT2D eigenvalue weighted by molar-refractivity contribution is 0.0181. The van der Waals surface area contributed by atoms with E-state index in [2.05, 4.69) is 31.0 Å². The summed E-state index contributed by atoms with van der Waals surface area (Å²) < 4.78 is 28.4. The number of hydrogen-bond donors (Lipinski definition) is 1. The summed E-state index contributed by atoms with van der Waals surface area (Å²) in [6.07, 6.45) is 2.88. The minimum Gasteiger partial charge on any atom is -0.376 e. The molecule has 0 amide bonds. The van der Waals surface area contributed by atoms with Gasteiger partial charge in [-0.05, 0) is 49.4 Å². The summed E-state index contributed by atoms with van der Waals surface area (Å²) in [7, 11) is 0. The van der Waals surface area contributed by atoms with E-state index in [9.17, 15) is 8.78 Å². The van der Waals surface area contributed by atoms with Gasteiger partial charge in [-0.2, -0.15) is 0 Å². The second-order valence-corrected chi connectivity index (χ2v) is 6.42. The summed E-state index contributed by atoms with van der Waals surface area (Å²) in [6.45, 7) is 7.00. The standard InChI is InChI=1S/C23H25F2N/c1-5-17(3)26-20(6-2)14-12-18-13-15-21(19-10-8-7-9-11-19)22(16-18)23(4,24)25/h6-11,13,15-17,26H,5H2,1-4H3/b20-6-/t17-/m0/s1. The van der Waals surface area contributed by atoms with Crippen molar-refractivity contribution in [1.29, 1.82) is 0 Å². The first-order valence-electron chi connectivity index (χ1n) is 8.87. The Labute approximate surface area is 155 Å². The van der Waals surface area contributed by atoms with E-state index in [1.54, 1.807) is 12.1 Å². The molecule has 0 aliphatic carbocycles. The van der Waals surface area contributed by atoms with Gasteiger partial charge in [0.05, 0.1) is 5.70 Å². The summed E-state index contributed by atoms with van der Waals surface area (Å²) in [6, 6.07) is 14.6. The second kappa shape index (κ2) is 8.67. The van der Waals surface area contributed by atoms with Gasteiger partial charge in [0.1, 0.15) is 0 Å². The molecule has 1 nitrogen and oxygen atoms in total. The molecular formula is C23H25F2N. The molecule has 2 aromatic carbocycles. The van der Waals surface area contributed by atoms with Crippen LogP contribution in [0.3, 0.4) is 0 Å². The minimum absolute atomic E-state index is 0.00702. The van der Waals surface area contributed by atoms with Gasteiger partial charge in [-0.25, -0.2) is 8.78 Å². The Morgan fingerprint density at radius 2 is 1.88 bits per heavy atom. The Bertz CT molecular complexity index is 821. The number of allylic oxidation sites excluding steroid dienone is 2. The van der Waals surface area contributed by atoms with Gasteiger partial charge in [-0.1, -0.05) is 55.3 Å². The van der Waals surface area contributed by atoms with Crippen molar-refractivity contribution in [1.82, 2.24) is 5.32 Å². The zero-order valence-electron chi connectivity index (χ0n) is 15.7. The lowest BCUT2D eigenvalue weighted by Gasteiger charge is -2.16. The third-order valence-corrected chi connectivity index (χ3v) is 4.22. The van der Waals surface area contributed by atoms with Gasteiger partial charge in [-0.3, -0.25) is 0 Å². The fourth-order valence-electron chi connectivity index (χ4n) is 2.55. The average molecular weight is 353 g/mol. The topological polar surface area (TPSA) is 12.0 Å². The van der Waals surface area contributed by atoms with Gasteiger partial charge >= 0.3 is 0 Å². The molecule has 26 heavy (non-hydrogen) atoms. The van der Waals surface area contributed by atoms with Crippen LogP contribution in [0.15, 0.2) is 60.3 Å². The molecular weight excluding hydrogens is 328 g/mol. The lowest BCUT2D eigenvalue weighted by atomic mass is 9.94.